The lowest BCUT2D eigenvalue weighted by Crippen LogP contribution is -2.15. The van der Waals surface area contributed by atoms with E-state index in [1.54, 1.807) is 13.0 Å². The summed E-state index contributed by atoms with van der Waals surface area (Å²) in [5.74, 6) is -2.68. The maximum absolute atomic E-state index is 13.1. The molecule has 0 spiro atoms. The molecule has 0 N–H and O–H groups in total. The fourth-order valence-corrected chi connectivity index (χ4v) is 2.98. The molecule has 10 heteroatoms. The summed E-state index contributed by atoms with van der Waals surface area (Å²) < 4.78 is 52.8. The lowest BCUT2D eigenvalue weighted by molar-refractivity contribution is -0.137. The number of benzene rings is 1. The number of Topliss-reactive ketones (excluding diaryl/α,β-unsaturated/α-hetero) is 1. The number of carbonyl (C=O) groups is 1. The van der Waals surface area contributed by atoms with Gasteiger partial charge in [0.25, 0.3) is 0 Å². The van der Waals surface area contributed by atoms with E-state index in [9.17, 15) is 27.6 Å². The molecule has 3 rings (SSSR count). The summed E-state index contributed by atoms with van der Waals surface area (Å²) in [7, 11) is 0. The minimum atomic E-state index is -4.66. The molecule has 5 nitrogen and oxygen atoms in total. The summed E-state index contributed by atoms with van der Waals surface area (Å²) in [6.45, 7) is 1.57. The first-order valence-corrected chi connectivity index (χ1v) is 8.48. The van der Waals surface area contributed by atoms with Crippen LogP contribution < -0.4 is 0 Å². The van der Waals surface area contributed by atoms with Crippen LogP contribution in [-0.4, -0.2) is 20.5 Å². The molecule has 0 unspecified atom stereocenters. The van der Waals surface area contributed by atoms with Gasteiger partial charge in [-0.05, 0) is 37.3 Å². The van der Waals surface area contributed by atoms with Gasteiger partial charge in [-0.15, -0.1) is 0 Å². The topological polar surface area (TPSA) is 71.6 Å². The first kappa shape index (κ1) is 20.5. The average molecular weight is 423 g/mol. The third-order valence-corrected chi connectivity index (χ3v) is 4.51. The number of nitriles is 1. The highest BCUT2D eigenvalue weighted by atomic mass is 35.5. The van der Waals surface area contributed by atoms with Gasteiger partial charge < -0.3 is 0 Å². The monoisotopic (exact) mass is 422 g/mol. The van der Waals surface area contributed by atoms with Crippen molar-refractivity contribution in [3.8, 4) is 11.8 Å². The van der Waals surface area contributed by atoms with Gasteiger partial charge in [-0.25, -0.2) is 9.07 Å². The molecule has 0 amide bonds. The van der Waals surface area contributed by atoms with E-state index in [2.05, 4.69) is 10.1 Å². The highest BCUT2D eigenvalue weighted by Crippen LogP contribution is 2.34. The third-order valence-electron chi connectivity index (χ3n) is 4.21. The van der Waals surface area contributed by atoms with E-state index >= 15 is 0 Å². The van der Waals surface area contributed by atoms with Crippen LogP contribution in [0.3, 0.4) is 0 Å². The number of carbonyl (C=O) groups excluding carboxylic acids is 1. The van der Waals surface area contributed by atoms with Crippen molar-refractivity contribution in [2.75, 3.05) is 0 Å². The molecule has 2 aromatic heterocycles. The van der Waals surface area contributed by atoms with Crippen molar-refractivity contribution in [2.24, 2.45) is 0 Å². The van der Waals surface area contributed by atoms with Crippen molar-refractivity contribution in [2.45, 2.75) is 19.0 Å². The summed E-state index contributed by atoms with van der Waals surface area (Å²) in [5, 5.41) is 13.1. The first-order valence-electron chi connectivity index (χ1n) is 8.10. The third kappa shape index (κ3) is 3.98. The van der Waals surface area contributed by atoms with Crippen LogP contribution in [0, 0.1) is 24.1 Å². The highest BCUT2D eigenvalue weighted by Gasteiger charge is 2.34. The maximum atomic E-state index is 13.1. The van der Waals surface area contributed by atoms with Gasteiger partial charge in [-0.1, -0.05) is 11.6 Å². The molecule has 2 heterocycles. The molecule has 29 heavy (non-hydrogen) atoms. The average Bonchev–Trinajstić information content (AvgIpc) is 3.04. The second-order valence-corrected chi connectivity index (χ2v) is 6.45. The largest absolute Gasteiger partial charge is 0.417 e. The smallest absolute Gasteiger partial charge is 0.292 e. The number of rotatable bonds is 4. The predicted molar refractivity (Wildman–Crippen MR) is 95.2 cm³/mol. The van der Waals surface area contributed by atoms with Crippen LogP contribution >= 0.6 is 11.6 Å². The summed E-state index contributed by atoms with van der Waals surface area (Å²) in [4.78, 5) is 16.5. The Morgan fingerprint density at radius 1 is 1.24 bits per heavy atom. The number of aromatic nitrogens is 3. The highest BCUT2D eigenvalue weighted by molar-refractivity contribution is 6.31. The van der Waals surface area contributed by atoms with E-state index in [1.165, 1.54) is 35.1 Å². The van der Waals surface area contributed by atoms with E-state index in [0.29, 0.717) is 23.6 Å². The van der Waals surface area contributed by atoms with Crippen LogP contribution in [0.1, 0.15) is 33.2 Å². The number of hydrogen-bond donors (Lipinski definition) is 0. The van der Waals surface area contributed by atoms with Crippen molar-refractivity contribution in [1.82, 2.24) is 14.8 Å². The molecule has 0 aliphatic carbocycles. The SMILES string of the molecule is Cc1c(C(=O)[C@H](C#N)c2ncc(C(F)(F)F)cc2Cl)cnn1-c1ccc(F)cc1. The number of hydrogen-bond acceptors (Lipinski definition) is 4. The zero-order valence-corrected chi connectivity index (χ0v) is 15.5. The lowest BCUT2D eigenvalue weighted by Gasteiger charge is -2.12. The van der Waals surface area contributed by atoms with Crippen molar-refractivity contribution >= 4 is 17.4 Å². The number of ketones is 1. The molecular weight excluding hydrogens is 412 g/mol. The maximum Gasteiger partial charge on any atom is 0.417 e. The van der Waals surface area contributed by atoms with Crippen LogP contribution in [-0.2, 0) is 6.18 Å². The quantitative estimate of drug-likeness (QED) is 0.444. The Bertz CT molecular complexity index is 1120. The van der Waals surface area contributed by atoms with Crippen LogP contribution in [0.5, 0.6) is 0 Å². The normalized spacial score (nSPS) is 12.4. The minimum absolute atomic E-state index is 0.0682. The Morgan fingerprint density at radius 3 is 2.45 bits per heavy atom. The molecule has 0 saturated heterocycles. The summed E-state index contributed by atoms with van der Waals surface area (Å²) >= 11 is 5.87. The van der Waals surface area contributed by atoms with Gasteiger partial charge in [0, 0.05) is 6.20 Å². The van der Waals surface area contributed by atoms with Crippen LogP contribution in [0.25, 0.3) is 5.69 Å². The molecule has 1 atom stereocenters. The Balaban J connectivity index is 1.97. The minimum Gasteiger partial charge on any atom is -0.292 e. The fourth-order valence-electron chi connectivity index (χ4n) is 2.71. The van der Waals surface area contributed by atoms with Crippen LogP contribution in [0.15, 0.2) is 42.7 Å². The molecule has 0 bridgehead atoms. The molecule has 0 saturated carbocycles. The first-order chi connectivity index (χ1) is 13.6. The van der Waals surface area contributed by atoms with Crippen molar-refractivity contribution in [1.29, 1.82) is 5.26 Å². The van der Waals surface area contributed by atoms with Gasteiger partial charge in [0.15, 0.2) is 11.7 Å². The van der Waals surface area contributed by atoms with Gasteiger partial charge in [0.1, 0.15) is 5.82 Å². The molecular formula is C19H11ClF4N4O. The zero-order chi connectivity index (χ0) is 21.3. The summed E-state index contributed by atoms with van der Waals surface area (Å²) in [6, 6.07) is 7.72. The predicted octanol–water partition coefficient (Wildman–Crippen LogP) is 4.88. The van der Waals surface area contributed by atoms with E-state index in [4.69, 9.17) is 11.6 Å². The molecule has 1 aromatic carbocycles. The van der Waals surface area contributed by atoms with Crippen molar-refractivity contribution < 1.29 is 22.4 Å². The molecule has 148 valence electrons. The van der Waals surface area contributed by atoms with Crippen LogP contribution in [0.4, 0.5) is 17.6 Å². The van der Waals surface area contributed by atoms with E-state index in [0.717, 1.165) is 0 Å². The van der Waals surface area contributed by atoms with E-state index < -0.39 is 34.3 Å². The number of alkyl halides is 3. The second-order valence-electron chi connectivity index (χ2n) is 6.05. The Hall–Kier alpha value is -3.25. The van der Waals surface area contributed by atoms with Gasteiger partial charge in [-0.2, -0.15) is 23.5 Å². The summed E-state index contributed by atoms with van der Waals surface area (Å²) in [5.41, 5.74) is -0.442. The van der Waals surface area contributed by atoms with E-state index in [-0.39, 0.29) is 11.3 Å². The van der Waals surface area contributed by atoms with E-state index in [1.807, 2.05) is 0 Å². The zero-order valence-electron chi connectivity index (χ0n) is 14.7. The van der Waals surface area contributed by atoms with Gasteiger partial charge in [0.2, 0.25) is 0 Å². The standard InChI is InChI=1S/C19H11ClF4N4O/c1-10-15(9-27-28(10)13-4-2-12(21)3-5-13)18(29)14(7-25)17-16(20)6-11(8-26-17)19(22,23)24/h2-6,8-9,14H,1H3/t14-/m1/s1. The molecule has 3 aromatic rings. The van der Waals surface area contributed by atoms with Gasteiger partial charge in [-0.3, -0.25) is 9.78 Å². The molecule has 0 aliphatic heterocycles. The molecule has 0 fully saturated rings. The number of halogens is 5. The Labute approximate surface area is 167 Å². The molecule has 0 aliphatic rings. The fraction of sp³-hybridized carbons (Fsp3) is 0.158. The lowest BCUT2D eigenvalue weighted by atomic mass is 9.95. The van der Waals surface area contributed by atoms with Crippen LogP contribution in [0.2, 0.25) is 5.02 Å². The number of pyridine rings is 1. The van der Waals surface area contributed by atoms with Gasteiger partial charge in [0.05, 0.1) is 45.5 Å². The summed E-state index contributed by atoms with van der Waals surface area (Å²) in [6.07, 6.45) is -2.91. The second kappa shape index (κ2) is 7.64. The number of nitrogens with zero attached hydrogens (tertiary/aromatic N) is 4. The van der Waals surface area contributed by atoms with Crippen molar-refractivity contribution in [3.05, 3.63) is 76.1 Å². The Morgan fingerprint density at radius 2 is 1.90 bits per heavy atom. The Kier molecular flexibility index (Phi) is 5.40. The van der Waals surface area contributed by atoms with Crippen molar-refractivity contribution in [3.63, 3.8) is 0 Å². The van der Waals surface area contributed by atoms with Gasteiger partial charge >= 0.3 is 6.18 Å². The molecule has 0 radical (unpaired) electrons.